The van der Waals surface area contributed by atoms with Crippen molar-refractivity contribution in [2.24, 2.45) is 0 Å². The Morgan fingerprint density at radius 2 is 1.76 bits per heavy atom. The molecular formula is C21H20N4O2S2. The average Bonchev–Trinajstić information content (AvgIpc) is 3.44. The second-order valence-electron chi connectivity index (χ2n) is 6.75. The number of nitrogens with one attached hydrogen (secondary N) is 1. The topological polar surface area (TPSA) is 75.2 Å². The maximum absolute atomic E-state index is 12.3. The van der Waals surface area contributed by atoms with Crippen molar-refractivity contribution >= 4 is 45.7 Å². The number of amides is 2. The largest absolute Gasteiger partial charge is 0.325 e. The molecule has 1 saturated carbocycles. The Morgan fingerprint density at radius 1 is 1.07 bits per heavy atom. The maximum Gasteiger partial charge on any atom is 0.234 e. The predicted octanol–water partition coefficient (Wildman–Crippen LogP) is 4.45. The molecule has 4 rings (SSSR count). The summed E-state index contributed by atoms with van der Waals surface area (Å²) in [7, 11) is 0. The number of benzene rings is 2. The van der Waals surface area contributed by atoms with E-state index in [1.54, 1.807) is 11.8 Å². The zero-order chi connectivity index (χ0) is 20.2. The lowest BCUT2D eigenvalue weighted by atomic mass is 10.1. The lowest BCUT2D eigenvalue weighted by Crippen LogP contribution is -2.30. The molecule has 2 amide bonds. The lowest BCUT2D eigenvalue weighted by molar-refractivity contribution is -0.116. The molecule has 0 unspecified atom stereocenters. The normalized spacial score (nSPS) is 13.1. The standard InChI is InChI=1S/C21H20N4O2S2/c1-14(26)25(18-11-12-18)20-23-24-21(29-20)28-13-19(27)22-17-9-7-16(8-10-17)15-5-3-2-4-6-15/h2-10,18H,11-13H2,1H3,(H,22,27). The summed E-state index contributed by atoms with van der Waals surface area (Å²) in [5.74, 6) is 0.111. The molecule has 1 aromatic heterocycles. The van der Waals surface area contributed by atoms with Gasteiger partial charge in [0.2, 0.25) is 16.9 Å². The minimum atomic E-state index is -0.107. The van der Waals surface area contributed by atoms with Gasteiger partial charge in [0.15, 0.2) is 4.34 Å². The Labute approximate surface area is 177 Å². The second kappa shape index (κ2) is 8.75. The third kappa shape index (κ3) is 5.02. The predicted molar refractivity (Wildman–Crippen MR) is 117 cm³/mol. The summed E-state index contributed by atoms with van der Waals surface area (Å²) in [6.45, 7) is 1.54. The van der Waals surface area contributed by atoms with E-state index in [0.29, 0.717) is 9.47 Å². The first kappa shape index (κ1) is 19.6. The van der Waals surface area contributed by atoms with Crippen LogP contribution >= 0.6 is 23.1 Å². The van der Waals surface area contributed by atoms with Crippen molar-refractivity contribution in [2.45, 2.75) is 30.1 Å². The van der Waals surface area contributed by atoms with E-state index in [1.165, 1.54) is 23.1 Å². The molecule has 6 nitrogen and oxygen atoms in total. The van der Waals surface area contributed by atoms with Crippen molar-refractivity contribution in [2.75, 3.05) is 16.0 Å². The monoisotopic (exact) mass is 424 g/mol. The van der Waals surface area contributed by atoms with Crippen molar-refractivity contribution in [3.8, 4) is 11.1 Å². The summed E-state index contributed by atoms with van der Waals surface area (Å²) in [4.78, 5) is 25.8. The van der Waals surface area contributed by atoms with Crippen LogP contribution in [0, 0.1) is 0 Å². The van der Waals surface area contributed by atoms with Gasteiger partial charge in [-0.2, -0.15) is 0 Å². The van der Waals surface area contributed by atoms with Gasteiger partial charge in [0.05, 0.1) is 5.75 Å². The number of anilines is 2. The third-order valence-corrected chi connectivity index (χ3v) is 6.51. The Morgan fingerprint density at radius 3 is 2.41 bits per heavy atom. The highest BCUT2D eigenvalue weighted by atomic mass is 32.2. The fourth-order valence-electron chi connectivity index (χ4n) is 2.94. The number of thioether (sulfide) groups is 1. The molecule has 0 saturated heterocycles. The quantitative estimate of drug-likeness (QED) is 0.448. The molecule has 0 atom stereocenters. The number of rotatable bonds is 7. The molecule has 0 spiro atoms. The van der Waals surface area contributed by atoms with Crippen LogP contribution in [0.4, 0.5) is 10.8 Å². The van der Waals surface area contributed by atoms with E-state index in [0.717, 1.165) is 29.7 Å². The molecule has 8 heteroatoms. The van der Waals surface area contributed by atoms with Crippen LogP contribution in [0.2, 0.25) is 0 Å². The van der Waals surface area contributed by atoms with Crippen molar-refractivity contribution in [1.29, 1.82) is 0 Å². The number of carbonyl (C=O) groups excluding carboxylic acids is 2. The molecule has 3 aromatic rings. The van der Waals surface area contributed by atoms with Crippen molar-refractivity contribution < 1.29 is 9.59 Å². The van der Waals surface area contributed by atoms with Crippen LogP contribution in [0.15, 0.2) is 58.9 Å². The zero-order valence-corrected chi connectivity index (χ0v) is 17.5. The third-order valence-electron chi connectivity index (χ3n) is 4.46. The van der Waals surface area contributed by atoms with Gasteiger partial charge in [0.1, 0.15) is 0 Å². The van der Waals surface area contributed by atoms with Crippen LogP contribution in [-0.2, 0) is 9.59 Å². The Hall–Kier alpha value is -2.71. The molecule has 29 heavy (non-hydrogen) atoms. The van der Waals surface area contributed by atoms with Crippen molar-refractivity contribution in [3.05, 3.63) is 54.6 Å². The van der Waals surface area contributed by atoms with Gasteiger partial charge in [-0.15, -0.1) is 10.2 Å². The number of nitrogens with zero attached hydrogens (tertiary/aromatic N) is 3. The van der Waals surface area contributed by atoms with Crippen molar-refractivity contribution in [1.82, 2.24) is 10.2 Å². The van der Waals surface area contributed by atoms with Gasteiger partial charge in [-0.1, -0.05) is 65.6 Å². The smallest absolute Gasteiger partial charge is 0.234 e. The summed E-state index contributed by atoms with van der Waals surface area (Å²) < 4.78 is 0.682. The van der Waals surface area contributed by atoms with E-state index in [9.17, 15) is 9.59 Å². The van der Waals surface area contributed by atoms with Crippen molar-refractivity contribution in [3.63, 3.8) is 0 Å². The minimum Gasteiger partial charge on any atom is -0.325 e. The summed E-state index contributed by atoms with van der Waals surface area (Å²) in [5.41, 5.74) is 2.99. The van der Waals surface area contributed by atoms with Crippen LogP contribution in [-0.4, -0.2) is 33.8 Å². The van der Waals surface area contributed by atoms with Gasteiger partial charge >= 0.3 is 0 Å². The summed E-state index contributed by atoms with van der Waals surface area (Å²) >= 11 is 2.68. The van der Waals surface area contributed by atoms with Gasteiger partial charge < -0.3 is 5.32 Å². The van der Waals surface area contributed by atoms with Gasteiger partial charge in [-0.25, -0.2) is 0 Å². The summed E-state index contributed by atoms with van der Waals surface area (Å²) in [6.07, 6.45) is 2.01. The fourth-order valence-corrected chi connectivity index (χ4v) is 4.70. The molecule has 1 heterocycles. The molecule has 0 radical (unpaired) electrons. The van der Waals surface area contributed by atoms with Crippen LogP contribution < -0.4 is 10.2 Å². The van der Waals surface area contributed by atoms with Gasteiger partial charge in [-0.3, -0.25) is 14.5 Å². The molecule has 1 aliphatic rings. The van der Waals surface area contributed by atoms with E-state index >= 15 is 0 Å². The van der Waals surface area contributed by atoms with Gasteiger partial charge in [-0.05, 0) is 36.1 Å². The SMILES string of the molecule is CC(=O)N(c1nnc(SCC(=O)Nc2ccc(-c3ccccc3)cc2)s1)C1CC1. The molecule has 1 aliphatic carbocycles. The van der Waals surface area contributed by atoms with Crippen LogP contribution in [0.5, 0.6) is 0 Å². The molecule has 148 valence electrons. The number of hydrogen-bond donors (Lipinski definition) is 1. The molecule has 0 bridgehead atoms. The van der Waals surface area contributed by atoms with E-state index in [-0.39, 0.29) is 23.6 Å². The second-order valence-corrected chi connectivity index (χ2v) is 8.93. The highest BCUT2D eigenvalue weighted by Gasteiger charge is 2.34. The molecule has 2 aromatic carbocycles. The van der Waals surface area contributed by atoms with Gasteiger partial charge in [0.25, 0.3) is 0 Å². The first-order valence-corrected chi connectivity index (χ1v) is 11.1. The highest BCUT2D eigenvalue weighted by Crippen LogP contribution is 2.35. The van der Waals surface area contributed by atoms with Crippen LogP contribution in [0.3, 0.4) is 0 Å². The van der Waals surface area contributed by atoms with E-state index in [4.69, 9.17) is 0 Å². The molecular weight excluding hydrogens is 404 g/mol. The van der Waals surface area contributed by atoms with E-state index < -0.39 is 0 Å². The minimum absolute atomic E-state index is 0.0168. The zero-order valence-electron chi connectivity index (χ0n) is 15.9. The average molecular weight is 425 g/mol. The molecule has 1 fully saturated rings. The molecule has 0 aliphatic heterocycles. The van der Waals surface area contributed by atoms with E-state index in [2.05, 4.69) is 27.6 Å². The summed E-state index contributed by atoms with van der Waals surface area (Å²) in [5, 5.41) is 11.7. The Kier molecular flexibility index (Phi) is 5.92. The lowest BCUT2D eigenvalue weighted by Gasteiger charge is -2.15. The number of aromatic nitrogens is 2. The highest BCUT2D eigenvalue weighted by molar-refractivity contribution is 8.01. The van der Waals surface area contributed by atoms with Gasteiger partial charge in [0, 0.05) is 18.7 Å². The molecule has 1 N–H and O–H groups in total. The maximum atomic E-state index is 12.3. The van der Waals surface area contributed by atoms with E-state index in [1.807, 2.05) is 42.5 Å². The Balaban J connectivity index is 1.31. The fraction of sp³-hybridized carbons (Fsp3) is 0.238. The summed E-state index contributed by atoms with van der Waals surface area (Å²) in [6, 6.07) is 18.1. The first-order chi connectivity index (χ1) is 14.1. The first-order valence-electron chi connectivity index (χ1n) is 9.31. The number of hydrogen-bond acceptors (Lipinski definition) is 6. The van der Waals surface area contributed by atoms with Crippen LogP contribution in [0.25, 0.3) is 11.1 Å². The Bertz CT molecular complexity index is 1000. The van der Waals surface area contributed by atoms with Crippen LogP contribution in [0.1, 0.15) is 19.8 Å². The number of carbonyl (C=O) groups is 2.